The number of anilines is 1. The van der Waals surface area contributed by atoms with E-state index >= 15 is 0 Å². The summed E-state index contributed by atoms with van der Waals surface area (Å²) in [4.78, 5) is 11.7. The first-order chi connectivity index (χ1) is 8.99. The molecule has 0 fully saturated rings. The van der Waals surface area contributed by atoms with Crippen molar-refractivity contribution in [2.75, 3.05) is 5.32 Å². The molecular formula is C13H7ClF3NO. The lowest BCUT2D eigenvalue weighted by atomic mass is 10.2. The number of carbonyl (C=O) groups is 1. The van der Waals surface area contributed by atoms with E-state index in [1.807, 2.05) is 0 Å². The van der Waals surface area contributed by atoms with Gasteiger partial charge in [0.15, 0.2) is 11.6 Å². The first-order valence-electron chi connectivity index (χ1n) is 5.19. The average Bonchev–Trinajstić information content (AvgIpc) is 2.37. The van der Waals surface area contributed by atoms with Crippen LogP contribution in [0.1, 0.15) is 10.4 Å². The fourth-order valence-corrected chi connectivity index (χ4v) is 1.57. The summed E-state index contributed by atoms with van der Waals surface area (Å²) in [6.45, 7) is 0. The number of carbonyl (C=O) groups excluding carboxylic acids is 1. The Hall–Kier alpha value is -2.01. The van der Waals surface area contributed by atoms with Crippen molar-refractivity contribution >= 4 is 23.2 Å². The summed E-state index contributed by atoms with van der Waals surface area (Å²) >= 11 is 5.48. The van der Waals surface area contributed by atoms with E-state index < -0.39 is 28.9 Å². The summed E-state index contributed by atoms with van der Waals surface area (Å²) in [5.74, 6) is -3.98. The van der Waals surface area contributed by atoms with Crippen LogP contribution < -0.4 is 5.32 Å². The number of nitrogens with one attached hydrogen (secondary N) is 1. The van der Waals surface area contributed by atoms with Gasteiger partial charge in [0, 0.05) is 5.69 Å². The van der Waals surface area contributed by atoms with Gasteiger partial charge in [0.25, 0.3) is 5.91 Å². The third-order valence-corrected chi connectivity index (χ3v) is 2.68. The lowest BCUT2D eigenvalue weighted by Gasteiger charge is -2.07. The lowest BCUT2D eigenvalue weighted by Crippen LogP contribution is -2.14. The van der Waals surface area contributed by atoms with Crippen LogP contribution in [-0.4, -0.2) is 5.91 Å². The molecule has 0 aromatic heterocycles. The molecule has 2 nitrogen and oxygen atoms in total. The van der Waals surface area contributed by atoms with Gasteiger partial charge in [-0.15, -0.1) is 0 Å². The molecular weight excluding hydrogens is 279 g/mol. The molecule has 0 saturated carbocycles. The molecule has 0 radical (unpaired) electrons. The van der Waals surface area contributed by atoms with Gasteiger partial charge < -0.3 is 5.32 Å². The minimum atomic E-state index is -1.26. The topological polar surface area (TPSA) is 29.1 Å². The van der Waals surface area contributed by atoms with Gasteiger partial charge in [-0.1, -0.05) is 17.7 Å². The van der Waals surface area contributed by atoms with E-state index in [1.54, 1.807) is 0 Å². The summed E-state index contributed by atoms with van der Waals surface area (Å²) in [6.07, 6.45) is 0. The molecule has 0 aliphatic carbocycles. The fraction of sp³-hybridized carbons (Fsp3) is 0. The Labute approximate surface area is 111 Å². The van der Waals surface area contributed by atoms with Gasteiger partial charge >= 0.3 is 0 Å². The maximum Gasteiger partial charge on any atom is 0.258 e. The van der Waals surface area contributed by atoms with Crippen molar-refractivity contribution in [2.24, 2.45) is 0 Å². The molecule has 0 spiro atoms. The van der Waals surface area contributed by atoms with Gasteiger partial charge in [-0.2, -0.15) is 0 Å². The van der Waals surface area contributed by atoms with E-state index in [4.69, 9.17) is 11.6 Å². The Balaban J connectivity index is 2.26. The van der Waals surface area contributed by atoms with Gasteiger partial charge in [-0.05, 0) is 30.3 Å². The Morgan fingerprint density at radius 2 is 1.79 bits per heavy atom. The zero-order chi connectivity index (χ0) is 14.0. The van der Waals surface area contributed by atoms with E-state index in [0.717, 1.165) is 18.2 Å². The summed E-state index contributed by atoms with van der Waals surface area (Å²) in [7, 11) is 0. The van der Waals surface area contributed by atoms with Gasteiger partial charge in [-0.25, -0.2) is 13.2 Å². The molecule has 0 unspecified atom stereocenters. The van der Waals surface area contributed by atoms with Crippen molar-refractivity contribution in [3.05, 3.63) is 64.4 Å². The van der Waals surface area contributed by atoms with Crippen LogP contribution in [-0.2, 0) is 0 Å². The van der Waals surface area contributed by atoms with Crippen molar-refractivity contribution < 1.29 is 18.0 Å². The third-order valence-electron chi connectivity index (χ3n) is 2.37. The van der Waals surface area contributed by atoms with E-state index in [-0.39, 0.29) is 10.7 Å². The molecule has 6 heteroatoms. The molecule has 2 aromatic rings. The third kappa shape index (κ3) is 2.88. The summed E-state index contributed by atoms with van der Waals surface area (Å²) in [6, 6.07) is 6.80. The molecule has 19 heavy (non-hydrogen) atoms. The molecule has 2 aromatic carbocycles. The monoisotopic (exact) mass is 285 g/mol. The van der Waals surface area contributed by atoms with Crippen LogP contribution in [0.5, 0.6) is 0 Å². The number of benzene rings is 2. The maximum absolute atomic E-state index is 13.4. The van der Waals surface area contributed by atoms with Crippen LogP contribution in [0.25, 0.3) is 0 Å². The molecule has 1 N–H and O–H groups in total. The standard InChI is InChI=1S/C13H7ClF3NO/c14-9-5-4-7(6-11(9)16)18-13(19)8-2-1-3-10(15)12(8)17/h1-6H,(H,18,19). The van der Waals surface area contributed by atoms with Crippen molar-refractivity contribution in [1.29, 1.82) is 0 Å². The summed E-state index contributed by atoms with van der Waals surface area (Å²) in [5, 5.41) is 2.15. The van der Waals surface area contributed by atoms with Crippen LogP contribution >= 0.6 is 11.6 Å². The second-order valence-electron chi connectivity index (χ2n) is 3.68. The van der Waals surface area contributed by atoms with Gasteiger partial charge in [0.2, 0.25) is 0 Å². The van der Waals surface area contributed by atoms with Crippen LogP contribution in [0.4, 0.5) is 18.9 Å². The number of hydrogen-bond acceptors (Lipinski definition) is 1. The van der Waals surface area contributed by atoms with E-state index in [9.17, 15) is 18.0 Å². The highest BCUT2D eigenvalue weighted by atomic mass is 35.5. The molecule has 0 atom stereocenters. The van der Waals surface area contributed by atoms with E-state index in [2.05, 4.69) is 5.32 Å². The van der Waals surface area contributed by atoms with E-state index in [1.165, 1.54) is 18.2 Å². The first kappa shape index (κ1) is 13.4. The smallest absolute Gasteiger partial charge is 0.258 e. The zero-order valence-electron chi connectivity index (χ0n) is 9.38. The van der Waals surface area contributed by atoms with Crippen molar-refractivity contribution in [3.63, 3.8) is 0 Å². The summed E-state index contributed by atoms with van der Waals surface area (Å²) in [5.41, 5.74) is -0.370. The highest BCUT2D eigenvalue weighted by Gasteiger charge is 2.15. The Kier molecular flexibility index (Phi) is 3.76. The molecule has 1 amide bonds. The Morgan fingerprint density at radius 3 is 2.47 bits per heavy atom. The number of hydrogen-bond donors (Lipinski definition) is 1. The Morgan fingerprint density at radius 1 is 1.05 bits per heavy atom. The highest BCUT2D eigenvalue weighted by Crippen LogP contribution is 2.20. The minimum Gasteiger partial charge on any atom is -0.322 e. The van der Waals surface area contributed by atoms with Crippen LogP contribution in [0.2, 0.25) is 5.02 Å². The van der Waals surface area contributed by atoms with Crippen LogP contribution in [0.3, 0.4) is 0 Å². The van der Waals surface area contributed by atoms with Crippen molar-refractivity contribution in [1.82, 2.24) is 0 Å². The number of rotatable bonds is 2. The normalized spacial score (nSPS) is 10.3. The molecule has 0 heterocycles. The molecule has 0 bridgehead atoms. The van der Waals surface area contributed by atoms with Gasteiger partial charge in [0.05, 0.1) is 10.6 Å². The average molecular weight is 286 g/mol. The molecule has 0 aliphatic heterocycles. The Bertz CT molecular complexity index is 646. The molecule has 98 valence electrons. The predicted molar refractivity (Wildman–Crippen MR) is 65.7 cm³/mol. The fourth-order valence-electron chi connectivity index (χ4n) is 1.45. The SMILES string of the molecule is O=C(Nc1ccc(Cl)c(F)c1)c1cccc(F)c1F. The quantitative estimate of drug-likeness (QED) is 0.887. The van der Waals surface area contributed by atoms with Crippen molar-refractivity contribution in [3.8, 4) is 0 Å². The first-order valence-corrected chi connectivity index (χ1v) is 5.57. The van der Waals surface area contributed by atoms with Crippen LogP contribution in [0, 0.1) is 17.5 Å². The zero-order valence-corrected chi connectivity index (χ0v) is 10.1. The number of amides is 1. The van der Waals surface area contributed by atoms with Crippen LogP contribution in [0.15, 0.2) is 36.4 Å². The lowest BCUT2D eigenvalue weighted by molar-refractivity contribution is 0.102. The summed E-state index contributed by atoms with van der Waals surface area (Å²) < 4.78 is 39.5. The van der Waals surface area contributed by atoms with E-state index in [0.29, 0.717) is 0 Å². The predicted octanol–water partition coefficient (Wildman–Crippen LogP) is 4.01. The van der Waals surface area contributed by atoms with Crippen molar-refractivity contribution in [2.45, 2.75) is 0 Å². The molecule has 2 rings (SSSR count). The largest absolute Gasteiger partial charge is 0.322 e. The maximum atomic E-state index is 13.4. The minimum absolute atomic E-state index is 0.0931. The molecule has 0 saturated heterocycles. The van der Waals surface area contributed by atoms with Gasteiger partial charge in [-0.3, -0.25) is 4.79 Å². The second kappa shape index (κ2) is 5.32. The highest BCUT2D eigenvalue weighted by molar-refractivity contribution is 6.30. The van der Waals surface area contributed by atoms with Gasteiger partial charge in [0.1, 0.15) is 5.82 Å². The number of halogens is 4. The molecule has 0 aliphatic rings. The second-order valence-corrected chi connectivity index (χ2v) is 4.09.